The fourth-order valence-corrected chi connectivity index (χ4v) is 2.93. The first-order valence-corrected chi connectivity index (χ1v) is 7.96. The lowest BCUT2D eigenvalue weighted by molar-refractivity contribution is -0.133. The minimum absolute atomic E-state index is 0.130. The first kappa shape index (κ1) is 16.2. The van der Waals surface area contributed by atoms with Crippen molar-refractivity contribution < 1.29 is 14.0 Å². The van der Waals surface area contributed by atoms with Gasteiger partial charge in [0.15, 0.2) is 0 Å². The molecular formula is C19H19FN2O2. The summed E-state index contributed by atoms with van der Waals surface area (Å²) in [5, 5.41) is 2.65. The van der Waals surface area contributed by atoms with E-state index in [2.05, 4.69) is 11.4 Å². The number of fused-ring (bicyclic) bond motifs is 1. The van der Waals surface area contributed by atoms with Crippen LogP contribution in [-0.2, 0) is 17.8 Å². The monoisotopic (exact) mass is 326 g/mol. The van der Waals surface area contributed by atoms with Crippen LogP contribution in [0.3, 0.4) is 0 Å². The number of nitrogens with zero attached hydrogens (tertiary/aromatic N) is 1. The van der Waals surface area contributed by atoms with E-state index in [9.17, 15) is 14.0 Å². The van der Waals surface area contributed by atoms with Gasteiger partial charge in [-0.3, -0.25) is 9.59 Å². The second-order valence-corrected chi connectivity index (χ2v) is 5.98. The van der Waals surface area contributed by atoms with E-state index in [1.54, 1.807) is 11.8 Å². The molecule has 2 amide bonds. The number of carbonyl (C=O) groups excluding carboxylic acids is 2. The molecule has 0 radical (unpaired) electrons. The fraction of sp³-hybridized carbons (Fsp3) is 0.263. The number of hydrogen-bond acceptors (Lipinski definition) is 2. The van der Waals surface area contributed by atoms with Crippen LogP contribution in [0.1, 0.15) is 28.4 Å². The number of nitrogens with one attached hydrogen (secondary N) is 1. The van der Waals surface area contributed by atoms with Gasteiger partial charge in [-0.05, 0) is 42.7 Å². The van der Waals surface area contributed by atoms with Crippen molar-refractivity contribution in [2.24, 2.45) is 0 Å². The van der Waals surface area contributed by atoms with Crippen molar-refractivity contribution in [1.82, 2.24) is 10.2 Å². The van der Waals surface area contributed by atoms with Gasteiger partial charge in [0.25, 0.3) is 5.91 Å². The van der Waals surface area contributed by atoms with Crippen molar-refractivity contribution in [3.63, 3.8) is 0 Å². The van der Waals surface area contributed by atoms with Crippen LogP contribution in [0.4, 0.5) is 4.39 Å². The lowest BCUT2D eigenvalue weighted by atomic mass is 9.99. The van der Waals surface area contributed by atoms with Gasteiger partial charge in [-0.15, -0.1) is 0 Å². The number of benzene rings is 2. The Morgan fingerprint density at radius 3 is 2.62 bits per heavy atom. The summed E-state index contributed by atoms with van der Waals surface area (Å²) in [5.74, 6) is -1.06. The molecule has 2 aromatic carbocycles. The summed E-state index contributed by atoms with van der Waals surface area (Å²) in [6, 6.07) is 12.8. The van der Waals surface area contributed by atoms with Crippen LogP contribution in [0, 0.1) is 5.82 Å². The summed E-state index contributed by atoms with van der Waals surface area (Å²) in [6.07, 6.45) is 0.812. The van der Waals surface area contributed by atoms with E-state index in [1.807, 2.05) is 18.2 Å². The van der Waals surface area contributed by atoms with Gasteiger partial charge in [0.05, 0.1) is 0 Å². The highest BCUT2D eigenvalue weighted by Crippen LogP contribution is 2.19. The van der Waals surface area contributed by atoms with Crippen LogP contribution < -0.4 is 5.32 Å². The van der Waals surface area contributed by atoms with Crippen LogP contribution in [0.25, 0.3) is 0 Å². The number of hydrogen-bond donors (Lipinski definition) is 1. The molecule has 5 heteroatoms. The Morgan fingerprint density at radius 1 is 1.12 bits per heavy atom. The smallest absolute Gasteiger partial charge is 0.252 e. The molecule has 1 aliphatic rings. The molecule has 0 saturated heterocycles. The molecule has 3 rings (SSSR count). The Kier molecular flexibility index (Phi) is 4.60. The number of rotatable bonds is 3. The van der Waals surface area contributed by atoms with Gasteiger partial charge < -0.3 is 10.2 Å². The fourth-order valence-electron chi connectivity index (χ4n) is 2.93. The van der Waals surface area contributed by atoms with Crippen molar-refractivity contribution >= 4 is 11.8 Å². The van der Waals surface area contributed by atoms with Gasteiger partial charge in [0, 0.05) is 18.7 Å². The number of amides is 2. The lowest BCUT2D eigenvalue weighted by Gasteiger charge is -2.31. The Hall–Kier alpha value is -2.69. The zero-order valence-corrected chi connectivity index (χ0v) is 13.5. The van der Waals surface area contributed by atoms with Crippen LogP contribution in [0.2, 0.25) is 0 Å². The third-order valence-corrected chi connectivity index (χ3v) is 4.25. The van der Waals surface area contributed by atoms with Crippen LogP contribution in [-0.4, -0.2) is 29.3 Å². The summed E-state index contributed by atoms with van der Waals surface area (Å²) in [4.78, 5) is 26.5. The minimum Gasteiger partial charge on any atom is -0.341 e. The minimum atomic E-state index is -0.661. The Bertz CT molecular complexity index is 775. The largest absolute Gasteiger partial charge is 0.341 e. The molecule has 1 atom stereocenters. The highest BCUT2D eigenvalue weighted by molar-refractivity contribution is 5.97. The molecule has 0 unspecified atom stereocenters. The SMILES string of the molecule is C[C@@H](NC(=O)c1cccc(F)c1)C(=O)N1CCc2ccccc2C1. The molecule has 0 bridgehead atoms. The zero-order chi connectivity index (χ0) is 17.1. The molecule has 1 heterocycles. The van der Waals surface area contributed by atoms with Crippen LogP contribution in [0.15, 0.2) is 48.5 Å². The molecule has 4 nitrogen and oxygen atoms in total. The van der Waals surface area contributed by atoms with Gasteiger partial charge in [-0.2, -0.15) is 0 Å². The molecular weight excluding hydrogens is 307 g/mol. The number of carbonyl (C=O) groups is 2. The molecule has 0 saturated carbocycles. The molecule has 2 aromatic rings. The van der Waals surface area contributed by atoms with Crippen LogP contribution in [0.5, 0.6) is 0 Å². The topological polar surface area (TPSA) is 49.4 Å². The standard InChI is InChI=1S/C19H19FN2O2/c1-13(21-18(23)15-7-4-8-17(20)11-15)19(24)22-10-9-14-5-2-3-6-16(14)12-22/h2-8,11,13H,9-10,12H2,1H3,(H,21,23)/t13-/m1/s1. The molecule has 124 valence electrons. The maximum atomic E-state index is 13.2. The van der Waals surface area contributed by atoms with Crippen molar-refractivity contribution in [3.8, 4) is 0 Å². The van der Waals surface area contributed by atoms with Gasteiger partial charge in [-0.1, -0.05) is 30.3 Å². The molecule has 0 aliphatic carbocycles. The molecule has 0 spiro atoms. The Balaban J connectivity index is 1.64. The summed E-state index contributed by atoms with van der Waals surface area (Å²) >= 11 is 0. The molecule has 1 aliphatic heterocycles. The van der Waals surface area contributed by atoms with E-state index in [1.165, 1.54) is 23.8 Å². The average molecular weight is 326 g/mol. The highest BCUT2D eigenvalue weighted by atomic mass is 19.1. The van der Waals surface area contributed by atoms with Gasteiger partial charge in [0.2, 0.25) is 5.91 Å². The normalized spacial score (nSPS) is 14.7. The summed E-state index contributed by atoms with van der Waals surface area (Å²) < 4.78 is 13.2. The van der Waals surface area contributed by atoms with Gasteiger partial charge in [-0.25, -0.2) is 4.39 Å². The first-order valence-electron chi connectivity index (χ1n) is 7.96. The highest BCUT2D eigenvalue weighted by Gasteiger charge is 2.25. The summed E-state index contributed by atoms with van der Waals surface area (Å²) in [6.45, 7) is 2.84. The average Bonchev–Trinajstić information content (AvgIpc) is 2.60. The molecule has 1 N–H and O–H groups in total. The summed E-state index contributed by atoms with van der Waals surface area (Å²) in [5.41, 5.74) is 2.61. The van der Waals surface area contributed by atoms with Crippen molar-refractivity contribution in [1.29, 1.82) is 0 Å². The first-order chi connectivity index (χ1) is 11.5. The predicted octanol–water partition coefficient (Wildman–Crippen LogP) is 2.53. The van der Waals surface area contributed by atoms with Gasteiger partial charge in [0.1, 0.15) is 11.9 Å². The van der Waals surface area contributed by atoms with Crippen LogP contribution >= 0.6 is 0 Å². The Morgan fingerprint density at radius 2 is 1.88 bits per heavy atom. The van der Waals surface area contributed by atoms with E-state index < -0.39 is 17.8 Å². The predicted molar refractivity (Wildman–Crippen MR) is 88.9 cm³/mol. The van der Waals surface area contributed by atoms with E-state index in [0.717, 1.165) is 18.1 Å². The maximum Gasteiger partial charge on any atom is 0.252 e. The van der Waals surface area contributed by atoms with Crippen molar-refractivity contribution in [3.05, 3.63) is 71.0 Å². The number of halogens is 1. The second kappa shape index (κ2) is 6.83. The Labute approximate surface area is 140 Å². The zero-order valence-electron chi connectivity index (χ0n) is 13.5. The van der Waals surface area contributed by atoms with E-state index in [-0.39, 0.29) is 11.5 Å². The quantitative estimate of drug-likeness (QED) is 0.942. The lowest BCUT2D eigenvalue weighted by Crippen LogP contribution is -2.48. The van der Waals surface area contributed by atoms with Crippen molar-refractivity contribution in [2.45, 2.75) is 25.9 Å². The van der Waals surface area contributed by atoms with Crippen molar-refractivity contribution in [2.75, 3.05) is 6.54 Å². The van der Waals surface area contributed by atoms with Gasteiger partial charge >= 0.3 is 0 Å². The summed E-state index contributed by atoms with van der Waals surface area (Å²) in [7, 11) is 0. The third-order valence-electron chi connectivity index (χ3n) is 4.25. The molecule has 0 fully saturated rings. The third kappa shape index (κ3) is 3.45. The van der Waals surface area contributed by atoms with E-state index in [0.29, 0.717) is 13.1 Å². The molecule has 24 heavy (non-hydrogen) atoms. The maximum absolute atomic E-state index is 13.2. The molecule has 0 aromatic heterocycles. The van der Waals surface area contributed by atoms with E-state index >= 15 is 0 Å². The van der Waals surface area contributed by atoms with E-state index in [4.69, 9.17) is 0 Å². The second-order valence-electron chi connectivity index (χ2n) is 5.98.